The number of nitriles is 1. The van der Waals surface area contributed by atoms with Crippen molar-refractivity contribution in [1.29, 1.82) is 5.26 Å². The Kier molecular flexibility index (Phi) is 2.34. The van der Waals surface area contributed by atoms with E-state index in [4.69, 9.17) is 4.74 Å². The minimum Gasteiger partial charge on any atom is -0.381 e. The fourth-order valence-electron chi connectivity index (χ4n) is 2.39. The summed E-state index contributed by atoms with van der Waals surface area (Å²) in [6.45, 7) is 1.32. The molecule has 86 valence electrons. The van der Waals surface area contributed by atoms with Gasteiger partial charge in [-0.3, -0.25) is 0 Å². The molecule has 2 aromatic heterocycles. The SMILES string of the molecule is N#CC1(c2ccn3ccnc3c2)CCOCC1. The average Bonchev–Trinajstić information content (AvgIpc) is 2.86. The van der Waals surface area contributed by atoms with Gasteiger partial charge in [0.15, 0.2) is 0 Å². The van der Waals surface area contributed by atoms with Crippen LogP contribution in [0.25, 0.3) is 5.65 Å². The van der Waals surface area contributed by atoms with Crippen molar-refractivity contribution in [3.63, 3.8) is 0 Å². The summed E-state index contributed by atoms with van der Waals surface area (Å²) in [4.78, 5) is 4.26. The fourth-order valence-corrected chi connectivity index (χ4v) is 2.39. The predicted molar refractivity (Wildman–Crippen MR) is 62.5 cm³/mol. The summed E-state index contributed by atoms with van der Waals surface area (Å²) in [5.41, 5.74) is 1.55. The first-order valence-corrected chi connectivity index (χ1v) is 5.76. The highest BCUT2D eigenvalue weighted by atomic mass is 16.5. The van der Waals surface area contributed by atoms with Gasteiger partial charge in [-0.15, -0.1) is 0 Å². The van der Waals surface area contributed by atoms with Gasteiger partial charge in [0.2, 0.25) is 0 Å². The third kappa shape index (κ3) is 1.60. The van der Waals surface area contributed by atoms with Crippen LogP contribution in [0, 0.1) is 11.3 Å². The highest BCUT2D eigenvalue weighted by Crippen LogP contribution is 2.34. The Bertz CT molecular complexity index is 576. The van der Waals surface area contributed by atoms with Crippen molar-refractivity contribution in [3.8, 4) is 6.07 Å². The van der Waals surface area contributed by atoms with E-state index >= 15 is 0 Å². The molecule has 0 saturated carbocycles. The lowest BCUT2D eigenvalue weighted by Crippen LogP contribution is -2.32. The van der Waals surface area contributed by atoms with Gasteiger partial charge in [-0.2, -0.15) is 5.26 Å². The van der Waals surface area contributed by atoms with E-state index in [1.807, 2.05) is 28.9 Å². The molecule has 3 heterocycles. The first-order valence-electron chi connectivity index (χ1n) is 5.76. The molecular formula is C13H13N3O. The zero-order valence-corrected chi connectivity index (χ0v) is 9.47. The number of fused-ring (bicyclic) bond motifs is 1. The van der Waals surface area contributed by atoms with Crippen molar-refractivity contribution in [1.82, 2.24) is 9.38 Å². The normalized spacial score (nSPS) is 19.0. The quantitative estimate of drug-likeness (QED) is 0.747. The lowest BCUT2D eigenvalue weighted by molar-refractivity contribution is 0.0675. The van der Waals surface area contributed by atoms with Gasteiger partial charge in [-0.25, -0.2) is 4.98 Å². The number of pyridine rings is 1. The molecule has 17 heavy (non-hydrogen) atoms. The van der Waals surface area contributed by atoms with Gasteiger partial charge in [-0.1, -0.05) is 0 Å². The molecule has 0 aromatic carbocycles. The maximum atomic E-state index is 9.48. The van der Waals surface area contributed by atoms with Crippen molar-refractivity contribution < 1.29 is 4.74 Å². The molecule has 0 bridgehead atoms. The number of nitrogens with zero attached hydrogens (tertiary/aromatic N) is 3. The first-order chi connectivity index (χ1) is 8.34. The van der Waals surface area contributed by atoms with Crippen molar-refractivity contribution in [2.75, 3.05) is 13.2 Å². The van der Waals surface area contributed by atoms with Crippen molar-refractivity contribution in [3.05, 3.63) is 36.3 Å². The summed E-state index contributed by atoms with van der Waals surface area (Å²) in [7, 11) is 0. The van der Waals surface area contributed by atoms with E-state index in [2.05, 4.69) is 11.1 Å². The standard InChI is InChI=1S/C13H13N3O/c14-10-13(2-7-17-8-3-13)11-1-5-16-6-4-15-12(16)9-11/h1,4-6,9H,2-3,7-8H2. The van der Waals surface area contributed by atoms with E-state index in [-0.39, 0.29) is 0 Å². The lowest BCUT2D eigenvalue weighted by Gasteiger charge is -2.31. The monoisotopic (exact) mass is 227 g/mol. The summed E-state index contributed by atoms with van der Waals surface area (Å²) < 4.78 is 7.30. The maximum Gasteiger partial charge on any atom is 0.136 e. The van der Waals surface area contributed by atoms with Crippen LogP contribution >= 0.6 is 0 Å². The molecule has 0 atom stereocenters. The number of hydrogen-bond acceptors (Lipinski definition) is 3. The minimum atomic E-state index is -0.397. The molecular weight excluding hydrogens is 214 g/mol. The summed E-state index contributed by atoms with van der Waals surface area (Å²) in [5.74, 6) is 0. The zero-order valence-electron chi connectivity index (χ0n) is 9.47. The lowest BCUT2D eigenvalue weighted by atomic mass is 9.76. The first kappa shape index (κ1) is 10.3. The Labute approximate surface area is 99.5 Å². The Morgan fingerprint density at radius 3 is 2.94 bits per heavy atom. The van der Waals surface area contributed by atoms with Gasteiger partial charge < -0.3 is 9.14 Å². The van der Waals surface area contributed by atoms with Gasteiger partial charge in [0.1, 0.15) is 5.65 Å². The molecule has 0 unspecified atom stereocenters. The number of rotatable bonds is 1. The van der Waals surface area contributed by atoms with E-state index in [1.165, 1.54) is 0 Å². The van der Waals surface area contributed by atoms with Gasteiger partial charge in [0, 0.05) is 31.8 Å². The van der Waals surface area contributed by atoms with Crippen LogP contribution in [0.4, 0.5) is 0 Å². The number of aromatic nitrogens is 2. The zero-order chi connectivity index (χ0) is 11.7. The summed E-state index contributed by atoms with van der Waals surface area (Å²) in [6, 6.07) is 6.50. The number of imidazole rings is 1. The molecule has 3 rings (SSSR count). The van der Waals surface area contributed by atoms with Crippen molar-refractivity contribution >= 4 is 5.65 Å². The second kappa shape index (κ2) is 3.86. The van der Waals surface area contributed by atoms with Crippen LogP contribution in [-0.4, -0.2) is 22.6 Å². The average molecular weight is 227 g/mol. The molecule has 2 aromatic rings. The Balaban J connectivity index is 2.09. The van der Waals surface area contributed by atoms with Crippen LogP contribution in [0.3, 0.4) is 0 Å². The van der Waals surface area contributed by atoms with Crippen LogP contribution in [-0.2, 0) is 10.2 Å². The maximum absolute atomic E-state index is 9.48. The Morgan fingerprint density at radius 2 is 2.18 bits per heavy atom. The molecule has 1 aliphatic heterocycles. The molecule has 0 amide bonds. The van der Waals surface area contributed by atoms with E-state index in [9.17, 15) is 5.26 Å². The summed E-state index contributed by atoms with van der Waals surface area (Å²) in [6.07, 6.45) is 7.16. The van der Waals surface area contributed by atoms with Gasteiger partial charge >= 0.3 is 0 Å². The molecule has 1 fully saturated rings. The molecule has 0 radical (unpaired) electrons. The Morgan fingerprint density at radius 1 is 1.35 bits per heavy atom. The van der Waals surface area contributed by atoms with Crippen LogP contribution in [0.5, 0.6) is 0 Å². The molecule has 4 heteroatoms. The van der Waals surface area contributed by atoms with Crippen LogP contribution in [0.1, 0.15) is 18.4 Å². The molecule has 1 aliphatic rings. The van der Waals surface area contributed by atoms with Gasteiger partial charge in [0.05, 0.1) is 11.5 Å². The third-order valence-electron chi connectivity index (χ3n) is 3.51. The van der Waals surface area contributed by atoms with Gasteiger partial charge in [-0.05, 0) is 30.5 Å². The second-order valence-corrected chi connectivity index (χ2v) is 4.41. The largest absolute Gasteiger partial charge is 0.381 e. The smallest absolute Gasteiger partial charge is 0.136 e. The van der Waals surface area contributed by atoms with E-state index < -0.39 is 5.41 Å². The van der Waals surface area contributed by atoms with E-state index in [0.717, 1.165) is 24.1 Å². The van der Waals surface area contributed by atoms with Crippen LogP contribution < -0.4 is 0 Å². The van der Waals surface area contributed by atoms with Crippen LogP contribution in [0.15, 0.2) is 30.7 Å². The highest BCUT2D eigenvalue weighted by molar-refractivity contribution is 5.46. The Hall–Kier alpha value is -1.86. The molecule has 0 spiro atoms. The van der Waals surface area contributed by atoms with Crippen molar-refractivity contribution in [2.24, 2.45) is 0 Å². The third-order valence-corrected chi connectivity index (χ3v) is 3.51. The molecule has 1 saturated heterocycles. The van der Waals surface area contributed by atoms with Gasteiger partial charge in [0.25, 0.3) is 0 Å². The molecule has 4 nitrogen and oxygen atoms in total. The second-order valence-electron chi connectivity index (χ2n) is 4.41. The van der Waals surface area contributed by atoms with E-state index in [1.54, 1.807) is 6.20 Å². The molecule has 0 N–H and O–H groups in total. The molecule has 0 aliphatic carbocycles. The minimum absolute atomic E-state index is 0.397. The van der Waals surface area contributed by atoms with E-state index in [0.29, 0.717) is 13.2 Å². The summed E-state index contributed by atoms with van der Waals surface area (Å²) in [5, 5.41) is 9.48. The fraction of sp³-hybridized carbons (Fsp3) is 0.385. The highest BCUT2D eigenvalue weighted by Gasteiger charge is 2.34. The number of hydrogen-bond donors (Lipinski definition) is 0. The summed E-state index contributed by atoms with van der Waals surface area (Å²) >= 11 is 0. The predicted octanol–water partition coefficient (Wildman–Crippen LogP) is 1.91. The van der Waals surface area contributed by atoms with Crippen molar-refractivity contribution in [2.45, 2.75) is 18.3 Å². The number of ether oxygens (including phenoxy) is 1. The van der Waals surface area contributed by atoms with Crippen LogP contribution in [0.2, 0.25) is 0 Å². The topological polar surface area (TPSA) is 50.3 Å².